The minimum atomic E-state index is 0.0338. The molecule has 0 aliphatic heterocycles. The fourth-order valence-corrected chi connectivity index (χ4v) is 1.37. The normalized spacial score (nSPS) is 8.92. The molecule has 0 unspecified atom stereocenters. The lowest BCUT2D eigenvalue weighted by molar-refractivity contribution is 1.45. The van der Waals surface area contributed by atoms with Crippen molar-refractivity contribution in [2.45, 2.75) is 0 Å². The van der Waals surface area contributed by atoms with E-state index in [2.05, 4.69) is 0 Å². The Kier molecular flexibility index (Phi) is 2.63. The first-order valence-electron chi connectivity index (χ1n) is 3.19. The van der Waals surface area contributed by atoms with E-state index < -0.39 is 0 Å². The molecule has 0 fully saturated rings. The molecule has 5 heteroatoms. The lowest BCUT2D eigenvalue weighted by Gasteiger charge is -2.03. The molecular formula is C8H3Cl2N3. The molecule has 0 saturated carbocycles. The number of nitriles is 2. The highest BCUT2D eigenvalue weighted by molar-refractivity contribution is 6.38. The van der Waals surface area contributed by atoms with Crippen molar-refractivity contribution < 1.29 is 0 Å². The van der Waals surface area contributed by atoms with Gasteiger partial charge in [0.15, 0.2) is 0 Å². The Labute approximate surface area is 84.9 Å². The van der Waals surface area contributed by atoms with Crippen LogP contribution in [0.1, 0.15) is 11.1 Å². The Morgan fingerprint density at radius 2 is 1.85 bits per heavy atom. The van der Waals surface area contributed by atoms with E-state index in [9.17, 15) is 0 Å². The van der Waals surface area contributed by atoms with Crippen molar-refractivity contribution in [1.82, 2.24) is 0 Å². The quantitative estimate of drug-likeness (QED) is 0.670. The number of anilines is 1. The van der Waals surface area contributed by atoms with Crippen LogP contribution in [0, 0.1) is 22.7 Å². The number of nitrogens with two attached hydrogens (primary N) is 1. The lowest BCUT2D eigenvalue weighted by Crippen LogP contribution is -1.94. The van der Waals surface area contributed by atoms with Gasteiger partial charge in [0.1, 0.15) is 12.1 Å². The van der Waals surface area contributed by atoms with Gasteiger partial charge in [0.05, 0.1) is 26.9 Å². The van der Waals surface area contributed by atoms with E-state index in [0.717, 1.165) is 0 Å². The summed E-state index contributed by atoms with van der Waals surface area (Å²) in [6.07, 6.45) is 0. The third-order valence-electron chi connectivity index (χ3n) is 1.49. The number of nitrogen functional groups attached to an aromatic ring is 1. The van der Waals surface area contributed by atoms with Crippen molar-refractivity contribution in [2.75, 3.05) is 5.73 Å². The smallest absolute Gasteiger partial charge is 0.102 e. The van der Waals surface area contributed by atoms with Crippen molar-refractivity contribution in [1.29, 1.82) is 10.5 Å². The van der Waals surface area contributed by atoms with Gasteiger partial charge in [-0.1, -0.05) is 23.2 Å². The molecule has 0 saturated heterocycles. The minimum absolute atomic E-state index is 0.0338. The number of nitrogens with zero attached hydrogens (tertiary/aromatic N) is 2. The molecular weight excluding hydrogens is 209 g/mol. The fourth-order valence-electron chi connectivity index (χ4n) is 0.829. The summed E-state index contributed by atoms with van der Waals surface area (Å²) in [7, 11) is 0. The Morgan fingerprint density at radius 1 is 1.23 bits per heavy atom. The van der Waals surface area contributed by atoms with E-state index in [1.807, 2.05) is 6.07 Å². The van der Waals surface area contributed by atoms with Crippen molar-refractivity contribution in [2.24, 2.45) is 0 Å². The maximum Gasteiger partial charge on any atom is 0.102 e. The first kappa shape index (κ1) is 9.67. The summed E-state index contributed by atoms with van der Waals surface area (Å²) in [6.45, 7) is 0. The Balaban J connectivity index is 3.60. The Bertz CT molecular complexity index is 440. The predicted octanol–water partition coefficient (Wildman–Crippen LogP) is 2.32. The zero-order chi connectivity index (χ0) is 10.0. The molecule has 0 radical (unpaired) electrons. The number of halogens is 2. The molecule has 0 aromatic heterocycles. The third-order valence-corrected chi connectivity index (χ3v) is 2.18. The molecule has 0 atom stereocenters. The highest BCUT2D eigenvalue weighted by Crippen LogP contribution is 2.31. The molecule has 1 aromatic rings. The van der Waals surface area contributed by atoms with Crippen molar-refractivity contribution in [3.63, 3.8) is 0 Å². The molecule has 0 aliphatic carbocycles. The predicted molar refractivity (Wildman–Crippen MR) is 50.3 cm³/mol. The van der Waals surface area contributed by atoms with E-state index >= 15 is 0 Å². The SMILES string of the molecule is N#Cc1cc(Cl)c(C#N)c(Cl)c1N. The van der Waals surface area contributed by atoms with E-state index in [1.54, 1.807) is 6.07 Å². The zero-order valence-corrected chi connectivity index (χ0v) is 7.82. The van der Waals surface area contributed by atoms with Crippen LogP contribution in [0.3, 0.4) is 0 Å². The van der Waals surface area contributed by atoms with Gasteiger partial charge < -0.3 is 5.73 Å². The highest BCUT2D eigenvalue weighted by Gasteiger charge is 2.12. The highest BCUT2D eigenvalue weighted by atomic mass is 35.5. The summed E-state index contributed by atoms with van der Waals surface area (Å²) in [4.78, 5) is 0. The largest absolute Gasteiger partial charge is 0.396 e. The van der Waals surface area contributed by atoms with Crippen LogP contribution in [0.5, 0.6) is 0 Å². The molecule has 1 aromatic carbocycles. The molecule has 0 heterocycles. The van der Waals surface area contributed by atoms with Crippen LogP contribution >= 0.6 is 23.2 Å². The van der Waals surface area contributed by atoms with Crippen LogP contribution in [0.4, 0.5) is 5.69 Å². The van der Waals surface area contributed by atoms with Gasteiger partial charge in [-0.15, -0.1) is 0 Å². The standard InChI is InChI=1S/C8H3Cl2N3/c9-6-1-4(2-11)8(13)7(10)5(6)3-12/h1H,13H2. The molecule has 0 aliphatic rings. The molecule has 64 valence electrons. The average Bonchev–Trinajstić information content (AvgIpc) is 2.12. The van der Waals surface area contributed by atoms with Crippen molar-refractivity contribution >= 4 is 28.9 Å². The van der Waals surface area contributed by atoms with Gasteiger partial charge in [-0.05, 0) is 6.07 Å². The zero-order valence-electron chi connectivity index (χ0n) is 6.31. The van der Waals surface area contributed by atoms with Crippen LogP contribution in [0.2, 0.25) is 10.0 Å². The van der Waals surface area contributed by atoms with E-state index in [4.69, 9.17) is 39.5 Å². The van der Waals surface area contributed by atoms with Crippen molar-refractivity contribution in [3.8, 4) is 12.1 Å². The van der Waals surface area contributed by atoms with Gasteiger partial charge in [0.25, 0.3) is 0 Å². The molecule has 2 N–H and O–H groups in total. The van der Waals surface area contributed by atoms with Crippen molar-refractivity contribution in [3.05, 3.63) is 27.2 Å². The minimum Gasteiger partial charge on any atom is -0.396 e. The topological polar surface area (TPSA) is 73.6 Å². The second-order valence-electron chi connectivity index (χ2n) is 2.23. The van der Waals surface area contributed by atoms with Crippen LogP contribution in [-0.2, 0) is 0 Å². The monoisotopic (exact) mass is 211 g/mol. The lowest BCUT2D eigenvalue weighted by atomic mass is 10.1. The summed E-state index contributed by atoms with van der Waals surface area (Å²) in [5.74, 6) is 0. The third kappa shape index (κ3) is 1.53. The molecule has 0 spiro atoms. The summed E-state index contributed by atoms with van der Waals surface area (Å²) in [5.41, 5.74) is 5.83. The molecule has 3 nitrogen and oxygen atoms in total. The van der Waals surface area contributed by atoms with E-state index in [0.29, 0.717) is 0 Å². The first-order chi connectivity index (χ1) is 6.11. The second-order valence-corrected chi connectivity index (χ2v) is 3.02. The molecule has 0 bridgehead atoms. The number of rotatable bonds is 0. The maximum atomic E-state index is 8.63. The van der Waals surface area contributed by atoms with Crippen LogP contribution in [0.15, 0.2) is 6.07 Å². The van der Waals surface area contributed by atoms with Gasteiger partial charge in [0.2, 0.25) is 0 Å². The van der Waals surface area contributed by atoms with Gasteiger partial charge >= 0.3 is 0 Å². The summed E-state index contributed by atoms with van der Waals surface area (Å²) in [5, 5.41) is 17.4. The molecule has 1 rings (SSSR count). The van der Waals surface area contributed by atoms with Crippen LogP contribution < -0.4 is 5.73 Å². The van der Waals surface area contributed by atoms with Gasteiger partial charge in [-0.2, -0.15) is 10.5 Å². The summed E-state index contributed by atoms with van der Waals surface area (Å²) in [6, 6.07) is 4.95. The average molecular weight is 212 g/mol. The summed E-state index contributed by atoms with van der Waals surface area (Å²) >= 11 is 11.4. The number of hydrogen-bond acceptors (Lipinski definition) is 3. The molecule has 13 heavy (non-hydrogen) atoms. The Hall–Kier alpha value is -1.42. The van der Waals surface area contributed by atoms with E-state index in [1.165, 1.54) is 6.07 Å². The van der Waals surface area contributed by atoms with Gasteiger partial charge in [-0.25, -0.2) is 0 Å². The van der Waals surface area contributed by atoms with Gasteiger partial charge in [-0.3, -0.25) is 0 Å². The van der Waals surface area contributed by atoms with Crippen LogP contribution in [0.25, 0.3) is 0 Å². The summed E-state index contributed by atoms with van der Waals surface area (Å²) < 4.78 is 0. The Morgan fingerprint density at radius 3 is 2.31 bits per heavy atom. The van der Waals surface area contributed by atoms with Gasteiger partial charge in [0, 0.05) is 0 Å². The first-order valence-corrected chi connectivity index (χ1v) is 3.95. The van der Waals surface area contributed by atoms with E-state index in [-0.39, 0.29) is 26.9 Å². The number of benzene rings is 1. The maximum absolute atomic E-state index is 8.63. The number of hydrogen-bond donors (Lipinski definition) is 1. The molecule has 0 amide bonds. The fraction of sp³-hybridized carbons (Fsp3) is 0. The second kappa shape index (κ2) is 3.53. The van der Waals surface area contributed by atoms with Crippen LogP contribution in [-0.4, -0.2) is 0 Å².